The summed E-state index contributed by atoms with van der Waals surface area (Å²) in [6.07, 6.45) is 0.789. The Balaban J connectivity index is 2.69. The van der Waals surface area contributed by atoms with Crippen LogP contribution >= 0.6 is 0 Å². The van der Waals surface area contributed by atoms with Crippen molar-refractivity contribution in [1.29, 1.82) is 0 Å². The second kappa shape index (κ2) is 7.70. The van der Waals surface area contributed by atoms with Crippen molar-refractivity contribution in [2.75, 3.05) is 25.5 Å². The van der Waals surface area contributed by atoms with Gasteiger partial charge in [-0.15, -0.1) is 0 Å². The van der Waals surface area contributed by atoms with Crippen molar-refractivity contribution in [1.82, 2.24) is 4.90 Å². The lowest BCUT2D eigenvalue weighted by Crippen LogP contribution is -2.28. The molecule has 0 aliphatic carbocycles. The largest absolute Gasteiger partial charge is 0.384 e. The summed E-state index contributed by atoms with van der Waals surface area (Å²) < 4.78 is 48.4. The molecule has 0 unspecified atom stereocenters. The van der Waals surface area contributed by atoms with Crippen LogP contribution in [0.5, 0.6) is 0 Å². The van der Waals surface area contributed by atoms with Gasteiger partial charge in [0.25, 0.3) is 0 Å². The van der Waals surface area contributed by atoms with Crippen molar-refractivity contribution in [3.05, 3.63) is 24.3 Å². The quantitative estimate of drug-likeness (QED) is 0.748. The zero-order valence-electron chi connectivity index (χ0n) is 12.5. The molecule has 0 saturated heterocycles. The van der Waals surface area contributed by atoms with E-state index in [2.05, 4.69) is 24.1 Å². The van der Waals surface area contributed by atoms with Crippen LogP contribution < -0.4 is 5.32 Å². The minimum absolute atomic E-state index is 0.227. The van der Waals surface area contributed by atoms with E-state index < -0.39 is 15.6 Å². The van der Waals surface area contributed by atoms with Crippen molar-refractivity contribution in [2.45, 2.75) is 37.0 Å². The Labute approximate surface area is 125 Å². The minimum Gasteiger partial charge on any atom is -0.384 e. The molecule has 1 rings (SSSR count). The maximum Gasteiger partial charge on any atom is 0.341 e. The normalized spacial score (nSPS) is 12.4. The Morgan fingerprint density at radius 3 is 2.43 bits per heavy atom. The molecule has 0 fully saturated rings. The molecule has 0 heterocycles. The summed E-state index contributed by atoms with van der Waals surface area (Å²) in [5.41, 5.74) is 0.227. The van der Waals surface area contributed by atoms with Crippen molar-refractivity contribution < 1.29 is 17.2 Å². The lowest BCUT2D eigenvalue weighted by molar-refractivity contribution is 0.235. The van der Waals surface area contributed by atoms with Crippen LogP contribution in [0.15, 0.2) is 29.2 Å². The highest BCUT2D eigenvalue weighted by atomic mass is 32.2. The van der Waals surface area contributed by atoms with E-state index in [4.69, 9.17) is 0 Å². The molecule has 7 heteroatoms. The molecule has 0 saturated carbocycles. The summed E-state index contributed by atoms with van der Waals surface area (Å²) in [6.45, 7) is 5.52. The number of rotatable bonds is 8. The van der Waals surface area contributed by atoms with Crippen LogP contribution in [0.1, 0.15) is 20.3 Å². The van der Waals surface area contributed by atoms with Crippen LogP contribution in [-0.2, 0) is 9.84 Å². The van der Waals surface area contributed by atoms with Gasteiger partial charge in [0.1, 0.15) is 0 Å². The molecule has 1 N–H and O–H groups in total. The van der Waals surface area contributed by atoms with Gasteiger partial charge in [-0.1, -0.05) is 12.1 Å². The van der Waals surface area contributed by atoms with Crippen molar-refractivity contribution in [2.24, 2.45) is 0 Å². The van der Waals surface area contributed by atoms with Crippen LogP contribution in [0.2, 0.25) is 0 Å². The van der Waals surface area contributed by atoms with Crippen LogP contribution in [-0.4, -0.2) is 45.3 Å². The first-order chi connectivity index (χ1) is 9.76. The first-order valence-corrected chi connectivity index (χ1v) is 8.36. The number of nitrogens with zero attached hydrogens (tertiary/aromatic N) is 1. The zero-order chi connectivity index (χ0) is 16.0. The molecule has 0 aliphatic rings. The Bertz CT molecular complexity index is 548. The van der Waals surface area contributed by atoms with E-state index in [0.717, 1.165) is 13.0 Å². The van der Waals surface area contributed by atoms with Gasteiger partial charge >= 0.3 is 5.76 Å². The summed E-state index contributed by atoms with van der Waals surface area (Å²) in [7, 11) is -2.58. The molecule has 0 spiro atoms. The summed E-state index contributed by atoms with van der Waals surface area (Å²) in [5, 5.41) is 2.93. The number of benzene rings is 1. The van der Waals surface area contributed by atoms with E-state index in [9.17, 15) is 17.2 Å². The van der Waals surface area contributed by atoms with Crippen LogP contribution in [0.4, 0.5) is 14.5 Å². The molecule has 0 amide bonds. The Morgan fingerprint density at radius 2 is 1.86 bits per heavy atom. The number of alkyl halides is 2. The predicted octanol–water partition coefficient (Wildman–Crippen LogP) is 2.83. The van der Waals surface area contributed by atoms with Gasteiger partial charge in [-0.25, -0.2) is 8.42 Å². The third kappa shape index (κ3) is 4.93. The average Bonchev–Trinajstić information content (AvgIpc) is 2.43. The Kier molecular flexibility index (Phi) is 6.54. The number of para-hydroxylation sites is 1. The third-order valence-corrected chi connectivity index (χ3v) is 4.75. The van der Waals surface area contributed by atoms with Gasteiger partial charge in [0.2, 0.25) is 9.84 Å². The van der Waals surface area contributed by atoms with Crippen molar-refractivity contribution >= 4 is 15.5 Å². The lowest BCUT2D eigenvalue weighted by atomic mass is 10.3. The van der Waals surface area contributed by atoms with Crippen molar-refractivity contribution in [3.63, 3.8) is 0 Å². The number of halogens is 2. The monoisotopic (exact) mass is 320 g/mol. The Hall–Kier alpha value is -1.21. The van der Waals surface area contributed by atoms with E-state index in [1.165, 1.54) is 18.2 Å². The SMILES string of the molecule is CC(C)N(C)CCCNc1ccccc1S(=O)(=O)C(F)F. The smallest absolute Gasteiger partial charge is 0.341 e. The van der Waals surface area contributed by atoms with Gasteiger partial charge < -0.3 is 10.2 Å². The minimum atomic E-state index is -4.58. The lowest BCUT2D eigenvalue weighted by Gasteiger charge is -2.21. The van der Waals surface area contributed by atoms with Gasteiger partial charge in [0, 0.05) is 12.6 Å². The van der Waals surface area contributed by atoms with Gasteiger partial charge in [-0.05, 0) is 46.0 Å². The maximum atomic E-state index is 12.6. The summed E-state index contributed by atoms with van der Waals surface area (Å²) in [4.78, 5) is 1.81. The average molecular weight is 320 g/mol. The van der Waals surface area contributed by atoms with E-state index >= 15 is 0 Å². The number of hydrogen-bond acceptors (Lipinski definition) is 4. The summed E-state index contributed by atoms with van der Waals surface area (Å²) >= 11 is 0. The Morgan fingerprint density at radius 1 is 1.24 bits per heavy atom. The molecule has 0 aromatic heterocycles. The molecular weight excluding hydrogens is 298 g/mol. The van der Waals surface area contributed by atoms with E-state index in [1.807, 2.05) is 7.05 Å². The highest BCUT2D eigenvalue weighted by Gasteiger charge is 2.28. The fraction of sp³-hybridized carbons (Fsp3) is 0.571. The van der Waals surface area contributed by atoms with E-state index in [0.29, 0.717) is 12.6 Å². The summed E-state index contributed by atoms with van der Waals surface area (Å²) in [6, 6.07) is 6.18. The molecule has 1 aromatic carbocycles. The molecule has 4 nitrogen and oxygen atoms in total. The molecule has 120 valence electrons. The summed E-state index contributed by atoms with van der Waals surface area (Å²) in [5.74, 6) is -3.41. The second-order valence-corrected chi connectivity index (χ2v) is 7.04. The highest BCUT2D eigenvalue weighted by molar-refractivity contribution is 7.91. The first-order valence-electron chi connectivity index (χ1n) is 6.82. The number of hydrogen-bond donors (Lipinski definition) is 1. The number of nitrogens with one attached hydrogen (secondary N) is 1. The van der Waals surface area contributed by atoms with Gasteiger partial charge in [-0.2, -0.15) is 8.78 Å². The topological polar surface area (TPSA) is 49.4 Å². The number of sulfone groups is 1. The van der Waals surface area contributed by atoms with E-state index in [1.54, 1.807) is 6.07 Å². The molecule has 0 radical (unpaired) electrons. The van der Waals surface area contributed by atoms with E-state index in [-0.39, 0.29) is 10.6 Å². The molecule has 1 aromatic rings. The maximum absolute atomic E-state index is 12.6. The molecule has 21 heavy (non-hydrogen) atoms. The third-order valence-electron chi connectivity index (χ3n) is 3.31. The fourth-order valence-electron chi connectivity index (χ4n) is 1.77. The molecule has 0 bridgehead atoms. The fourth-order valence-corrected chi connectivity index (χ4v) is 2.67. The van der Waals surface area contributed by atoms with Gasteiger partial charge in [-0.3, -0.25) is 0 Å². The standard InChI is InChI=1S/C14H22F2N2O2S/c1-11(2)18(3)10-6-9-17-12-7-4-5-8-13(12)21(19,20)14(15)16/h4-5,7-8,11,14,17H,6,9-10H2,1-3H3. The van der Waals surface area contributed by atoms with Gasteiger partial charge in [0.15, 0.2) is 0 Å². The van der Waals surface area contributed by atoms with Crippen molar-refractivity contribution in [3.8, 4) is 0 Å². The second-order valence-electron chi connectivity index (χ2n) is 5.16. The zero-order valence-corrected chi connectivity index (χ0v) is 13.3. The van der Waals surface area contributed by atoms with Crippen LogP contribution in [0.25, 0.3) is 0 Å². The number of anilines is 1. The first kappa shape index (κ1) is 17.8. The molecular formula is C14H22F2N2O2S. The molecule has 0 atom stereocenters. The van der Waals surface area contributed by atoms with Gasteiger partial charge in [0.05, 0.1) is 10.6 Å². The highest BCUT2D eigenvalue weighted by Crippen LogP contribution is 2.25. The predicted molar refractivity (Wildman–Crippen MR) is 80.5 cm³/mol. The van der Waals surface area contributed by atoms with Crippen LogP contribution in [0.3, 0.4) is 0 Å². The van der Waals surface area contributed by atoms with Crippen LogP contribution in [0, 0.1) is 0 Å². The molecule has 0 aliphatic heterocycles.